The van der Waals surface area contributed by atoms with Crippen LogP contribution in [0, 0.1) is 17.3 Å². The number of H-pyrrole nitrogens is 1. The van der Waals surface area contributed by atoms with E-state index in [2.05, 4.69) is 35.5 Å². The number of piperidine rings is 1. The molecule has 2 heterocycles. The third-order valence-electron chi connectivity index (χ3n) is 6.55. The van der Waals surface area contributed by atoms with Gasteiger partial charge in [0.15, 0.2) is 0 Å². The molecular formula is C21H28ClN3O. The summed E-state index contributed by atoms with van der Waals surface area (Å²) in [6.45, 7) is 10.7. The number of hydrogen-bond donors (Lipinski definition) is 2. The maximum Gasteiger partial charge on any atom is 0.0864 e. The van der Waals surface area contributed by atoms with Gasteiger partial charge in [0.05, 0.1) is 17.8 Å². The van der Waals surface area contributed by atoms with Crippen LogP contribution in [0.5, 0.6) is 0 Å². The second kappa shape index (κ2) is 6.58. The van der Waals surface area contributed by atoms with Gasteiger partial charge in [0.1, 0.15) is 0 Å². The van der Waals surface area contributed by atoms with Gasteiger partial charge in [0.25, 0.3) is 0 Å². The molecule has 2 fully saturated rings. The van der Waals surface area contributed by atoms with Crippen LogP contribution in [0.15, 0.2) is 30.6 Å². The molecule has 1 aromatic heterocycles. The minimum atomic E-state index is -0.590. The Bertz CT molecular complexity index is 816. The average molecular weight is 374 g/mol. The molecule has 1 saturated carbocycles. The van der Waals surface area contributed by atoms with Crippen LogP contribution in [0.2, 0.25) is 5.02 Å². The minimum Gasteiger partial charge on any atom is -0.388 e. The lowest BCUT2D eigenvalue weighted by Crippen LogP contribution is -2.41. The third-order valence-corrected chi connectivity index (χ3v) is 6.76. The largest absolute Gasteiger partial charge is 0.388 e. The molecule has 1 aliphatic heterocycles. The highest BCUT2D eigenvalue weighted by molar-refractivity contribution is 6.31. The van der Waals surface area contributed by atoms with E-state index in [1.807, 2.05) is 12.1 Å². The first-order chi connectivity index (χ1) is 12.4. The molecule has 26 heavy (non-hydrogen) atoms. The monoisotopic (exact) mass is 373 g/mol. The van der Waals surface area contributed by atoms with Crippen molar-refractivity contribution in [2.75, 3.05) is 13.1 Å². The number of nitrogens with one attached hydrogen (secondary N) is 1. The van der Waals surface area contributed by atoms with Crippen LogP contribution in [-0.4, -0.2) is 33.3 Å². The molecule has 0 bridgehead atoms. The highest BCUT2D eigenvalue weighted by atomic mass is 35.5. The summed E-state index contributed by atoms with van der Waals surface area (Å²) < 4.78 is 0. The fourth-order valence-electron chi connectivity index (χ4n) is 4.47. The summed E-state index contributed by atoms with van der Waals surface area (Å²) in [5.74, 6) is 1.18. The summed E-state index contributed by atoms with van der Waals surface area (Å²) in [6, 6.07) is 3.75. The Hall–Kier alpha value is -1.52. The molecule has 0 amide bonds. The van der Waals surface area contributed by atoms with Crippen molar-refractivity contribution in [2.24, 2.45) is 17.3 Å². The topological polar surface area (TPSA) is 52.1 Å². The number of aromatic nitrogens is 2. The molecule has 2 aromatic rings. The van der Waals surface area contributed by atoms with E-state index >= 15 is 0 Å². The number of aromatic amines is 1. The fraction of sp³-hybridized carbons (Fsp3) is 0.571. The van der Waals surface area contributed by atoms with E-state index in [1.165, 1.54) is 18.5 Å². The van der Waals surface area contributed by atoms with Crippen molar-refractivity contribution < 1.29 is 5.11 Å². The molecule has 1 aromatic carbocycles. The van der Waals surface area contributed by atoms with Crippen molar-refractivity contribution in [3.8, 4) is 0 Å². The number of aliphatic hydroxyl groups is 1. The van der Waals surface area contributed by atoms with E-state index in [0.29, 0.717) is 10.9 Å². The second-order valence-corrected chi connectivity index (χ2v) is 9.02. The maximum atomic E-state index is 11.3. The smallest absolute Gasteiger partial charge is 0.0864 e. The standard InChI is InChI=1S/C21H28ClN3O/c1-13(14-4-5-14)25-8-6-16(7-9-25)21(2,3)20(26)18-11-17(22)10-15-12-23-24-19(15)18/h10-12,14,16,20,26H,1,4-9H2,2-3H3,(H,23,24). The predicted octanol–water partition coefficient (Wildman–Crippen LogP) is 4.91. The van der Waals surface area contributed by atoms with Crippen molar-refractivity contribution in [2.45, 2.75) is 45.6 Å². The molecule has 1 aliphatic carbocycles. The molecule has 1 unspecified atom stereocenters. The van der Waals surface area contributed by atoms with Gasteiger partial charge in [-0.3, -0.25) is 5.10 Å². The molecule has 4 nitrogen and oxygen atoms in total. The van der Waals surface area contributed by atoms with Gasteiger partial charge < -0.3 is 10.0 Å². The van der Waals surface area contributed by atoms with Crippen LogP contribution < -0.4 is 0 Å². The highest BCUT2D eigenvalue weighted by Gasteiger charge is 2.40. The van der Waals surface area contributed by atoms with Gasteiger partial charge in [0.2, 0.25) is 0 Å². The SMILES string of the molecule is C=C(C1CC1)N1CCC(C(C)(C)C(O)c2cc(Cl)cc3cn[nH]c23)CC1. The molecule has 140 valence electrons. The van der Waals surface area contributed by atoms with Gasteiger partial charge in [-0.25, -0.2) is 0 Å². The average Bonchev–Trinajstić information content (AvgIpc) is 3.38. The van der Waals surface area contributed by atoms with E-state index < -0.39 is 6.10 Å². The lowest BCUT2D eigenvalue weighted by atomic mass is 9.68. The van der Waals surface area contributed by atoms with Gasteiger partial charge in [0, 0.05) is 34.8 Å². The van der Waals surface area contributed by atoms with Crippen molar-refractivity contribution in [1.82, 2.24) is 15.1 Å². The van der Waals surface area contributed by atoms with Crippen LogP contribution in [-0.2, 0) is 0 Å². The Morgan fingerprint density at radius 3 is 2.65 bits per heavy atom. The van der Waals surface area contributed by atoms with Crippen molar-refractivity contribution >= 4 is 22.5 Å². The van der Waals surface area contributed by atoms with Gasteiger partial charge in [-0.15, -0.1) is 0 Å². The number of rotatable bonds is 5. The normalized spacial score (nSPS) is 20.5. The molecule has 0 spiro atoms. The molecule has 1 saturated heterocycles. The van der Waals surface area contributed by atoms with E-state index in [0.717, 1.165) is 48.3 Å². The number of allylic oxidation sites excluding steroid dienone is 1. The maximum absolute atomic E-state index is 11.3. The number of fused-ring (bicyclic) bond motifs is 1. The van der Waals surface area contributed by atoms with Crippen LogP contribution in [0.1, 0.15) is 51.2 Å². The van der Waals surface area contributed by atoms with Crippen molar-refractivity contribution in [3.63, 3.8) is 0 Å². The highest BCUT2D eigenvalue weighted by Crippen LogP contribution is 2.47. The van der Waals surface area contributed by atoms with E-state index in [4.69, 9.17) is 11.6 Å². The van der Waals surface area contributed by atoms with Crippen molar-refractivity contribution in [3.05, 3.63) is 41.2 Å². The Labute approximate surface area is 160 Å². The Morgan fingerprint density at radius 1 is 1.31 bits per heavy atom. The van der Waals surface area contributed by atoms with Crippen LogP contribution in [0.3, 0.4) is 0 Å². The Kier molecular flexibility index (Phi) is 4.52. The van der Waals surface area contributed by atoms with Gasteiger partial charge in [-0.1, -0.05) is 32.0 Å². The zero-order chi connectivity index (χ0) is 18.5. The number of halogens is 1. The summed E-state index contributed by atoms with van der Waals surface area (Å²) in [7, 11) is 0. The Morgan fingerprint density at radius 2 is 2.00 bits per heavy atom. The van der Waals surface area contributed by atoms with E-state index in [1.54, 1.807) is 6.20 Å². The molecule has 5 heteroatoms. The first-order valence-electron chi connectivity index (χ1n) is 9.62. The third kappa shape index (κ3) is 3.14. The fourth-order valence-corrected chi connectivity index (χ4v) is 4.71. The quantitative estimate of drug-likeness (QED) is 0.782. The molecule has 2 aliphatic rings. The number of benzene rings is 1. The van der Waals surface area contributed by atoms with Crippen molar-refractivity contribution in [1.29, 1.82) is 0 Å². The predicted molar refractivity (Wildman–Crippen MR) is 106 cm³/mol. The van der Waals surface area contributed by atoms with Crippen LogP contribution in [0.4, 0.5) is 0 Å². The zero-order valence-corrected chi connectivity index (χ0v) is 16.4. The first kappa shape index (κ1) is 17.9. The second-order valence-electron chi connectivity index (χ2n) is 8.58. The number of nitrogens with zero attached hydrogens (tertiary/aromatic N) is 2. The van der Waals surface area contributed by atoms with E-state index in [9.17, 15) is 5.11 Å². The summed E-state index contributed by atoms with van der Waals surface area (Å²) in [4.78, 5) is 2.46. The van der Waals surface area contributed by atoms with Gasteiger partial charge in [-0.05, 0) is 55.1 Å². The molecule has 2 N–H and O–H groups in total. The van der Waals surface area contributed by atoms with Crippen LogP contribution in [0.25, 0.3) is 10.9 Å². The lowest BCUT2D eigenvalue weighted by Gasteiger charge is -2.44. The number of hydrogen-bond acceptors (Lipinski definition) is 3. The summed E-state index contributed by atoms with van der Waals surface area (Å²) >= 11 is 6.28. The zero-order valence-electron chi connectivity index (χ0n) is 15.6. The molecular weight excluding hydrogens is 346 g/mol. The Balaban J connectivity index is 1.52. The number of likely N-dealkylation sites (tertiary alicyclic amines) is 1. The first-order valence-corrected chi connectivity index (χ1v) is 10.00. The molecule has 4 rings (SSSR count). The summed E-state index contributed by atoms with van der Waals surface area (Å²) in [6.07, 6.45) is 5.94. The minimum absolute atomic E-state index is 0.240. The molecule has 0 radical (unpaired) electrons. The lowest BCUT2D eigenvalue weighted by molar-refractivity contribution is -0.0154. The summed E-state index contributed by atoms with van der Waals surface area (Å²) in [5, 5.41) is 20.0. The van der Waals surface area contributed by atoms with Crippen LogP contribution >= 0.6 is 11.6 Å². The number of aliphatic hydroxyl groups excluding tert-OH is 1. The molecule has 1 atom stereocenters. The van der Waals surface area contributed by atoms with Gasteiger partial charge in [-0.2, -0.15) is 5.10 Å². The summed E-state index contributed by atoms with van der Waals surface area (Å²) in [5.41, 5.74) is 2.82. The van der Waals surface area contributed by atoms with E-state index in [-0.39, 0.29) is 5.41 Å². The van der Waals surface area contributed by atoms with Gasteiger partial charge >= 0.3 is 0 Å².